The van der Waals surface area contributed by atoms with Crippen LogP contribution in [-0.2, 0) is 14.3 Å². The minimum absolute atomic E-state index is 0.137. The smallest absolute Gasteiger partial charge is 0.321 e. The zero-order valence-corrected chi connectivity index (χ0v) is 12.4. The highest BCUT2D eigenvalue weighted by atomic mass is 16.5. The van der Waals surface area contributed by atoms with Crippen LogP contribution in [0.15, 0.2) is 0 Å². The number of imide groups is 1. The van der Waals surface area contributed by atoms with Gasteiger partial charge in [0, 0.05) is 6.04 Å². The quantitative estimate of drug-likeness (QED) is 0.558. The molecule has 0 aromatic rings. The Labute approximate surface area is 124 Å². The fourth-order valence-electron chi connectivity index (χ4n) is 2.62. The summed E-state index contributed by atoms with van der Waals surface area (Å²) in [6, 6.07) is -0.186. The number of esters is 1. The maximum Gasteiger partial charge on any atom is 0.321 e. The molecule has 2 rings (SSSR count). The second-order valence-corrected chi connectivity index (χ2v) is 5.77. The molecule has 21 heavy (non-hydrogen) atoms. The largest absolute Gasteiger partial charge is 0.466 e. The van der Waals surface area contributed by atoms with E-state index in [2.05, 4.69) is 10.6 Å². The number of rotatable bonds is 5. The summed E-state index contributed by atoms with van der Waals surface area (Å²) < 4.78 is 5.03. The molecule has 7 heteroatoms. The minimum Gasteiger partial charge on any atom is -0.466 e. The van der Waals surface area contributed by atoms with Crippen molar-refractivity contribution < 1.29 is 24.0 Å². The summed E-state index contributed by atoms with van der Waals surface area (Å²) in [6.45, 7) is 3.82. The third-order valence-electron chi connectivity index (χ3n) is 3.81. The number of nitrogens with one attached hydrogen (secondary N) is 3. The van der Waals surface area contributed by atoms with Gasteiger partial charge in [-0.1, -0.05) is 0 Å². The lowest BCUT2D eigenvalue weighted by Crippen LogP contribution is -3.14. The normalized spacial score (nSPS) is 25.0. The summed E-state index contributed by atoms with van der Waals surface area (Å²) in [5, 5.41) is 5.05. The first-order chi connectivity index (χ1) is 10.1. The molecule has 1 aliphatic heterocycles. The fourth-order valence-corrected chi connectivity index (χ4v) is 2.62. The predicted molar refractivity (Wildman–Crippen MR) is 74.6 cm³/mol. The van der Waals surface area contributed by atoms with Crippen molar-refractivity contribution >= 4 is 17.9 Å². The van der Waals surface area contributed by atoms with Gasteiger partial charge in [0.15, 0.2) is 6.54 Å². The standard InChI is InChI=1S/C14H23N3O4/c1-2-21-13(19)10-4-3-7-17(8-10)9-12(18)16-14(20)15-11-5-6-11/h10-11H,2-9H2,1H3,(H2,15,16,18,20)/p+1/t10-/m1/s1. The number of amides is 3. The Kier molecular flexibility index (Phi) is 5.55. The molecule has 1 saturated carbocycles. The molecule has 0 spiro atoms. The van der Waals surface area contributed by atoms with Crippen LogP contribution in [0.4, 0.5) is 4.79 Å². The number of ether oxygens (including phenoxy) is 1. The Morgan fingerprint density at radius 2 is 2.00 bits per heavy atom. The molecule has 0 aromatic carbocycles. The Morgan fingerprint density at radius 1 is 1.24 bits per heavy atom. The van der Waals surface area contributed by atoms with Crippen LogP contribution in [0.25, 0.3) is 0 Å². The van der Waals surface area contributed by atoms with Crippen LogP contribution in [-0.4, -0.2) is 50.2 Å². The van der Waals surface area contributed by atoms with Gasteiger partial charge in [0.1, 0.15) is 5.92 Å². The van der Waals surface area contributed by atoms with Gasteiger partial charge in [-0.15, -0.1) is 0 Å². The number of carbonyl (C=O) groups is 3. The van der Waals surface area contributed by atoms with Crippen molar-refractivity contribution in [1.29, 1.82) is 0 Å². The van der Waals surface area contributed by atoms with Gasteiger partial charge < -0.3 is 15.0 Å². The van der Waals surface area contributed by atoms with E-state index in [-0.39, 0.29) is 30.4 Å². The molecule has 7 nitrogen and oxygen atoms in total. The van der Waals surface area contributed by atoms with Gasteiger partial charge in [-0.05, 0) is 32.6 Å². The molecule has 0 aromatic heterocycles. The van der Waals surface area contributed by atoms with E-state index in [9.17, 15) is 14.4 Å². The van der Waals surface area contributed by atoms with E-state index in [0.29, 0.717) is 13.2 Å². The van der Waals surface area contributed by atoms with Crippen LogP contribution < -0.4 is 15.5 Å². The zero-order valence-electron chi connectivity index (χ0n) is 12.4. The summed E-state index contributed by atoms with van der Waals surface area (Å²) in [5.74, 6) is -0.615. The highest BCUT2D eigenvalue weighted by Crippen LogP contribution is 2.18. The predicted octanol–water partition coefficient (Wildman–Crippen LogP) is -1.17. The van der Waals surface area contributed by atoms with Crippen LogP contribution in [0.1, 0.15) is 32.6 Å². The van der Waals surface area contributed by atoms with E-state index >= 15 is 0 Å². The van der Waals surface area contributed by atoms with E-state index < -0.39 is 6.03 Å². The molecule has 1 saturated heterocycles. The fraction of sp³-hybridized carbons (Fsp3) is 0.786. The van der Waals surface area contributed by atoms with Crippen LogP contribution >= 0.6 is 0 Å². The van der Waals surface area contributed by atoms with Crippen molar-refractivity contribution in [3.8, 4) is 0 Å². The highest BCUT2D eigenvalue weighted by Gasteiger charge is 2.31. The molecule has 3 amide bonds. The molecular formula is C14H24N3O4+. The van der Waals surface area contributed by atoms with Crippen molar-refractivity contribution in [2.75, 3.05) is 26.2 Å². The highest BCUT2D eigenvalue weighted by molar-refractivity contribution is 5.94. The third kappa shape index (κ3) is 5.34. The molecule has 0 radical (unpaired) electrons. The van der Waals surface area contributed by atoms with Crippen molar-refractivity contribution in [1.82, 2.24) is 10.6 Å². The lowest BCUT2D eigenvalue weighted by Gasteiger charge is -2.28. The molecule has 2 aliphatic rings. The number of carbonyl (C=O) groups excluding carboxylic acids is 3. The van der Waals surface area contributed by atoms with Gasteiger partial charge in [0.05, 0.1) is 19.7 Å². The molecule has 1 unspecified atom stereocenters. The number of hydrogen-bond acceptors (Lipinski definition) is 4. The molecule has 2 fully saturated rings. The van der Waals surface area contributed by atoms with Gasteiger partial charge >= 0.3 is 12.0 Å². The van der Waals surface area contributed by atoms with Crippen molar-refractivity contribution in [2.45, 2.75) is 38.6 Å². The number of urea groups is 1. The lowest BCUT2D eigenvalue weighted by atomic mass is 9.98. The van der Waals surface area contributed by atoms with Gasteiger partial charge in [-0.2, -0.15) is 0 Å². The molecule has 0 bridgehead atoms. The Balaban J connectivity index is 1.72. The first kappa shape index (κ1) is 15.8. The monoisotopic (exact) mass is 298 g/mol. The lowest BCUT2D eigenvalue weighted by molar-refractivity contribution is -0.899. The van der Waals surface area contributed by atoms with Crippen molar-refractivity contribution in [3.05, 3.63) is 0 Å². The summed E-state index contributed by atoms with van der Waals surface area (Å²) in [5.41, 5.74) is 0. The Morgan fingerprint density at radius 3 is 2.67 bits per heavy atom. The van der Waals surface area contributed by atoms with Crippen LogP contribution in [0.2, 0.25) is 0 Å². The molecule has 1 heterocycles. The van der Waals surface area contributed by atoms with Crippen LogP contribution in [0, 0.1) is 5.92 Å². The average Bonchev–Trinajstić information content (AvgIpc) is 3.22. The molecule has 2 atom stereocenters. The number of hydrogen-bond donors (Lipinski definition) is 3. The van der Waals surface area contributed by atoms with Crippen LogP contribution in [0.3, 0.4) is 0 Å². The second kappa shape index (κ2) is 7.40. The zero-order chi connectivity index (χ0) is 15.2. The van der Waals surface area contributed by atoms with Gasteiger partial charge in [0.2, 0.25) is 0 Å². The summed E-state index contributed by atoms with van der Waals surface area (Å²) in [7, 11) is 0. The third-order valence-corrected chi connectivity index (χ3v) is 3.81. The maximum atomic E-state index is 11.8. The molecular weight excluding hydrogens is 274 g/mol. The number of quaternary nitrogens is 1. The first-order valence-electron chi connectivity index (χ1n) is 7.69. The molecule has 3 N–H and O–H groups in total. The van der Waals surface area contributed by atoms with Crippen molar-refractivity contribution in [3.63, 3.8) is 0 Å². The SMILES string of the molecule is CCOC(=O)[C@@H]1CCC[NH+](CC(=O)NC(=O)NC2CC2)C1. The Hall–Kier alpha value is -1.63. The van der Waals surface area contributed by atoms with E-state index in [1.165, 1.54) is 0 Å². The summed E-state index contributed by atoms with van der Waals surface area (Å²) in [4.78, 5) is 36.1. The molecule has 118 valence electrons. The van der Waals surface area contributed by atoms with E-state index in [1.807, 2.05) is 0 Å². The maximum absolute atomic E-state index is 11.8. The minimum atomic E-state index is -0.416. The van der Waals surface area contributed by atoms with Crippen LogP contribution in [0.5, 0.6) is 0 Å². The van der Waals surface area contributed by atoms with E-state index in [0.717, 1.165) is 37.1 Å². The second-order valence-electron chi connectivity index (χ2n) is 5.77. The van der Waals surface area contributed by atoms with Gasteiger partial charge in [-0.3, -0.25) is 14.9 Å². The summed E-state index contributed by atoms with van der Waals surface area (Å²) >= 11 is 0. The number of likely N-dealkylation sites (tertiary alicyclic amines) is 1. The van der Waals surface area contributed by atoms with E-state index in [1.54, 1.807) is 6.92 Å². The van der Waals surface area contributed by atoms with E-state index in [4.69, 9.17) is 4.74 Å². The molecule has 1 aliphatic carbocycles. The van der Waals surface area contributed by atoms with Crippen molar-refractivity contribution in [2.24, 2.45) is 5.92 Å². The van der Waals surface area contributed by atoms with Gasteiger partial charge in [-0.25, -0.2) is 4.79 Å². The Bertz CT molecular complexity index is 409. The summed E-state index contributed by atoms with van der Waals surface area (Å²) in [6.07, 6.45) is 3.67. The first-order valence-corrected chi connectivity index (χ1v) is 7.69. The average molecular weight is 298 g/mol. The van der Waals surface area contributed by atoms with Gasteiger partial charge in [0.25, 0.3) is 5.91 Å². The number of piperidine rings is 1. The topological polar surface area (TPSA) is 88.9 Å².